The molecule has 2 rings (SSSR count). The number of primary sulfonamides is 1. The van der Waals surface area contributed by atoms with Crippen LogP contribution in [-0.4, -0.2) is 21.0 Å². The Hall–Kier alpha value is -0.910. The van der Waals surface area contributed by atoms with Gasteiger partial charge in [-0.05, 0) is 49.4 Å². The molecule has 1 saturated carbocycles. The van der Waals surface area contributed by atoms with E-state index in [0.29, 0.717) is 6.04 Å². The smallest absolute Gasteiger partial charge is 0.238 e. The molecule has 3 N–H and O–H groups in total. The van der Waals surface area contributed by atoms with E-state index in [-0.39, 0.29) is 4.90 Å². The zero-order chi connectivity index (χ0) is 14.6. The number of hydrogen-bond acceptors (Lipinski definition) is 3. The van der Waals surface area contributed by atoms with E-state index in [2.05, 4.69) is 12.2 Å². The molecule has 20 heavy (non-hydrogen) atoms. The summed E-state index contributed by atoms with van der Waals surface area (Å²) < 4.78 is 22.3. The highest BCUT2D eigenvalue weighted by Gasteiger charge is 2.20. The highest BCUT2D eigenvalue weighted by Crippen LogP contribution is 2.23. The Morgan fingerprint density at radius 3 is 2.45 bits per heavy atom. The maximum Gasteiger partial charge on any atom is 0.238 e. The van der Waals surface area contributed by atoms with Gasteiger partial charge in [0, 0.05) is 6.04 Å². The summed E-state index contributed by atoms with van der Waals surface area (Å²) in [5, 5.41) is 8.70. The van der Waals surface area contributed by atoms with Crippen LogP contribution in [0.25, 0.3) is 0 Å². The summed E-state index contributed by atoms with van der Waals surface area (Å²) in [6.45, 7) is 3.25. The molecule has 0 aromatic heterocycles. The molecule has 2 unspecified atom stereocenters. The van der Waals surface area contributed by atoms with Crippen LogP contribution < -0.4 is 10.5 Å². The van der Waals surface area contributed by atoms with Crippen LogP contribution in [0.1, 0.15) is 38.2 Å². The van der Waals surface area contributed by atoms with Crippen LogP contribution >= 0.6 is 0 Å². The van der Waals surface area contributed by atoms with E-state index in [1.807, 2.05) is 12.1 Å². The predicted molar refractivity (Wildman–Crippen MR) is 80.9 cm³/mol. The Bertz CT molecular complexity index is 525. The monoisotopic (exact) mass is 296 g/mol. The van der Waals surface area contributed by atoms with Gasteiger partial charge in [0.2, 0.25) is 10.0 Å². The number of benzene rings is 1. The molecule has 0 heterocycles. The SMILES string of the molecule is CC1CCCCC1NCCc1ccc(S(N)(=O)=O)cc1. The highest BCUT2D eigenvalue weighted by atomic mass is 32.2. The van der Waals surface area contributed by atoms with E-state index in [1.54, 1.807) is 12.1 Å². The molecule has 1 aromatic carbocycles. The third-order valence-electron chi connectivity index (χ3n) is 4.18. The number of sulfonamides is 1. The zero-order valence-electron chi connectivity index (χ0n) is 12.0. The predicted octanol–water partition coefficient (Wildman–Crippen LogP) is 2.04. The Kier molecular flexibility index (Phi) is 5.18. The summed E-state index contributed by atoms with van der Waals surface area (Å²) in [7, 11) is -3.58. The maximum absolute atomic E-state index is 11.2. The molecule has 5 heteroatoms. The van der Waals surface area contributed by atoms with Crippen molar-refractivity contribution in [2.45, 2.75) is 50.0 Å². The second kappa shape index (κ2) is 6.70. The molecule has 1 aromatic rings. The van der Waals surface area contributed by atoms with Crippen LogP contribution in [0.5, 0.6) is 0 Å². The number of nitrogens with one attached hydrogen (secondary N) is 1. The van der Waals surface area contributed by atoms with Crippen molar-refractivity contribution < 1.29 is 8.42 Å². The Morgan fingerprint density at radius 2 is 1.85 bits per heavy atom. The third-order valence-corrected chi connectivity index (χ3v) is 5.11. The molecule has 0 bridgehead atoms. The van der Waals surface area contributed by atoms with Crippen molar-refractivity contribution in [1.29, 1.82) is 0 Å². The quantitative estimate of drug-likeness (QED) is 0.873. The first kappa shape index (κ1) is 15.5. The average Bonchev–Trinajstić information content (AvgIpc) is 2.40. The minimum absolute atomic E-state index is 0.176. The van der Waals surface area contributed by atoms with Crippen LogP contribution in [0, 0.1) is 5.92 Å². The van der Waals surface area contributed by atoms with Gasteiger partial charge in [0.05, 0.1) is 4.90 Å². The Balaban J connectivity index is 1.82. The van der Waals surface area contributed by atoms with Gasteiger partial charge in [-0.1, -0.05) is 31.9 Å². The van der Waals surface area contributed by atoms with Gasteiger partial charge in [0.25, 0.3) is 0 Å². The molecule has 112 valence electrons. The Labute approximate surface area is 121 Å². The largest absolute Gasteiger partial charge is 0.313 e. The second-order valence-electron chi connectivity index (χ2n) is 5.76. The molecular formula is C15H24N2O2S. The standard InChI is InChI=1S/C15H24N2O2S/c1-12-4-2-3-5-15(12)17-11-10-13-6-8-14(9-7-13)20(16,18)19/h6-9,12,15,17H,2-5,10-11H2,1H3,(H2,16,18,19). The first-order valence-corrected chi connectivity index (χ1v) is 8.86. The van der Waals surface area contributed by atoms with Crippen LogP contribution in [0.3, 0.4) is 0 Å². The summed E-state index contributed by atoms with van der Waals surface area (Å²) in [6.07, 6.45) is 6.18. The van der Waals surface area contributed by atoms with Gasteiger partial charge in [-0.15, -0.1) is 0 Å². The van der Waals surface area contributed by atoms with Crippen molar-refractivity contribution in [3.8, 4) is 0 Å². The molecule has 0 aliphatic heterocycles. The first-order valence-electron chi connectivity index (χ1n) is 7.32. The minimum atomic E-state index is -3.58. The lowest BCUT2D eigenvalue weighted by molar-refractivity contribution is 0.282. The van der Waals surface area contributed by atoms with Gasteiger partial charge in [-0.3, -0.25) is 0 Å². The van der Waals surface area contributed by atoms with Crippen LogP contribution in [-0.2, 0) is 16.4 Å². The summed E-state index contributed by atoms with van der Waals surface area (Å²) in [4.78, 5) is 0.176. The third kappa shape index (κ3) is 4.30. The molecule has 0 spiro atoms. The van der Waals surface area contributed by atoms with E-state index >= 15 is 0 Å². The van der Waals surface area contributed by atoms with Gasteiger partial charge in [-0.2, -0.15) is 0 Å². The summed E-state index contributed by atoms with van der Waals surface area (Å²) in [5.41, 5.74) is 1.13. The summed E-state index contributed by atoms with van der Waals surface area (Å²) in [5.74, 6) is 0.758. The number of rotatable bonds is 5. The van der Waals surface area contributed by atoms with E-state index in [1.165, 1.54) is 25.7 Å². The lowest BCUT2D eigenvalue weighted by Crippen LogP contribution is -2.38. The van der Waals surface area contributed by atoms with Crippen molar-refractivity contribution in [2.75, 3.05) is 6.54 Å². The van der Waals surface area contributed by atoms with Gasteiger partial charge in [0.1, 0.15) is 0 Å². The fraction of sp³-hybridized carbons (Fsp3) is 0.600. The van der Waals surface area contributed by atoms with Crippen molar-refractivity contribution in [1.82, 2.24) is 5.32 Å². The van der Waals surface area contributed by atoms with Crippen LogP contribution in [0.15, 0.2) is 29.2 Å². The van der Waals surface area contributed by atoms with E-state index < -0.39 is 10.0 Å². The molecular weight excluding hydrogens is 272 g/mol. The van der Waals surface area contributed by atoms with E-state index in [9.17, 15) is 8.42 Å². The van der Waals surface area contributed by atoms with Gasteiger partial charge in [0.15, 0.2) is 0 Å². The fourth-order valence-electron chi connectivity index (χ4n) is 2.87. The van der Waals surface area contributed by atoms with Crippen LogP contribution in [0.2, 0.25) is 0 Å². The Morgan fingerprint density at radius 1 is 1.20 bits per heavy atom. The van der Waals surface area contributed by atoms with Gasteiger partial charge in [-0.25, -0.2) is 13.6 Å². The van der Waals surface area contributed by atoms with Crippen molar-refractivity contribution in [3.63, 3.8) is 0 Å². The molecule has 1 fully saturated rings. The number of nitrogens with two attached hydrogens (primary N) is 1. The van der Waals surface area contributed by atoms with E-state index in [0.717, 1.165) is 24.4 Å². The normalized spacial score (nSPS) is 23.7. The number of hydrogen-bond donors (Lipinski definition) is 2. The molecule has 2 atom stereocenters. The van der Waals surface area contributed by atoms with E-state index in [4.69, 9.17) is 5.14 Å². The zero-order valence-corrected chi connectivity index (χ0v) is 12.8. The molecule has 1 aliphatic carbocycles. The lowest BCUT2D eigenvalue weighted by Gasteiger charge is -2.29. The maximum atomic E-state index is 11.2. The average molecular weight is 296 g/mol. The first-order chi connectivity index (χ1) is 9.47. The van der Waals surface area contributed by atoms with Gasteiger partial charge >= 0.3 is 0 Å². The second-order valence-corrected chi connectivity index (χ2v) is 7.32. The van der Waals surface area contributed by atoms with Crippen molar-refractivity contribution in [2.24, 2.45) is 11.1 Å². The topological polar surface area (TPSA) is 72.2 Å². The lowest BCUT2D eigenvalue weighted by atomic mass is 9.86. The summed E-state index contributed by atoms with van der Waals surface area (Å²) >= 11 is 0. The minimum Gasteiger partial charge on any atom is -0.313 e. The molecule has 4 nitrogen and oxygen atoms in total. The summed E-state index contributed by atoms with van der Waals surface area (Å²) in [6, 6.07) is 7.46. The molecule has 1 aliphatic rings. The fourth-order valence-corrected chi connectivity index (χ4v) is 3.38. The van der Waals surface area contributed by atoms with Crippen molar-refractivity contribution in [3.05, 3.63) is 29.8 Å². The van der Waals surface area contributed by atoms with Gasteiger partial charge < -0.3 is 5.32 Å². The molecule has 0 amide bonds. The van der Waals surface area contributed by atoms with Crippen LogP contribution in [0.4, 0.5) is 0 Å². The van der Waals surface area contributed by atoms with Crippen molar-refractivity contribution >= 4 is 10.0 Å². The molecule has 0 radical (unpaired) electrons. The molecule has 0 saturated heterocycles. The highest BCUT2D eigenvalue weighted by molar-refractivity contribution is 7.89.